The van der Waals surface area contributed by atoms with Gasteiger partial charge in [-0.05, 0) is 39.0 Å². The summed E-state index contributed by atoms with van der Waals surface area (Å²) < 4.78 is 5.90. The van der Waals surface area contributed by atoms with Gasteiger partial charge in [-0.25, -0.2) is 0 Å². The van der Waals surface area contributed by atoms with Crippen LogP contribution in [0.3, 0.4) is 0 Å². The molecule has 1 heterocycles. The van der Waals surface area contributed by atoms with Crippen molar-refractivity contribution < 1.29 is 9.84 Å². The zero-order valence-corrected chi connectivity index (χ0v) is 12.3. The van der Waals surface area contributed by atoms with Crippen molar-refractivity contribution >= 4 is 0 Å². The Hall–Kier alpha value is -0.160. The van der Waals surface area contributed by atoms with Crippen LogP contribution in [0.4, 0.5) is 0 Å². The maximum Gasteiger partial charge on any atom is 0.0670 e. The lowest BCUT2D eigenvalue weighted by molar-refractivity contribution is -0.102. The fraction of sp³-hybridized carbons (Fsp3) is 1.00. The molecule has 1 fully saturated rings. The van der Waals surface area contributed by atoms with E-state index in [4.69, 9.17) is 10.5 Å². The number of hydrogen-bond donors (Lipinski definition) is 3. The third-order valence-corrected chi connectivity index (χ3v) is 4.56. The fourth-order valence-electron chi connectivity index (χ4n) is 2.71. The summed E-state index contributed by atoms with van der Waals surface area (Å²) >= 11 is 0. The minimum Gasteiger partial charge on any atom is -0.396 e. The van der Waals surface area contributed by atoms with Crippen LogP contribution < -0.4 is 11.1 Å². The normalized spacial score (nSPS) is 36.3. The van der Waals surface area contributed by atoms with E-state index in [1.165, 1.54) is 0 Å². The number of aliphatic hydroxyl groups is 1. The van der Waals surface area contributed by atoms with Crippen molar-refractivity contribution in [1.29, 1.82) is 0 Å². The molecule has 1 aliphatic rings. The summed E-state index contributed by atoms with van der Waals surface area (Å²) in [6.07, 6.45) is 2.89. The predicted molar refractivity (Wildman–Crippen MR) is 74.5 cm³/mol. The quantitative estimate of drug-likeness (QED) is 0.671. The van der Waals surface area contributed by atoms with Gasteiger partial charge in [0.25, 0.3) is 0 Å². The van der Waals surface area contributed by atoms with Crippen molar-refractivity contribution in [2.24, 2.45) is 11.7 Å². The van der Waals surface area contributed by atoms with E-state index in [2.05, 4.69) is 33.0 Å². The van der Waals surface area contributed by atoms with E-state index in [0.29, 0.717) is 6.54 Å². The van der Waals surface area contributed by atoms with Crippen LogP contribution in [0.2, 0.25) is 0 Å². The third kappa shape index (κ3) is 3.67. The monoisotopic (exact) mass is 258 g/mol. The molecule has 0 saturated carbocycles. The minimum absolute atomic E-state index is 0.0497. The van der Waals surface area contributed by atoms with Crippen LogP contribution >= 0.6 is 0 Å². The highest BCUT2D eigenvalue weighted by molar-refractivity contribution is 5.00. The van der Waals surface area contributed by atoms with Gasteiger partial charge in [-0.2, -0.15) is 0 Å². The van der Waals surface area contributed by atoms with Gasteiger partial charge in [0.05, 0.1) is 5.60 Å². The average molecular weight is 258 g/mol. The molecule has 1 aliphatic heterocycles. The Balaban J connectivity index is 2.73. The molecular formula is C14H30N2O2. The van der Waals surface area contributed by atoms with Crippen LogP contribution in [0.25, 0.3) is 0 Å². The summed E-state index contributed by atoms with van der Waals surface area (Å²) in [5.74, 6) is 0.240. The molecule has 0 aromatic heterocycles. The molecule has 4 heteroatoms. The molecule has 1 saturated heterocycles. The van der Waals surface area contributed by atoms with Crippen molar-refractivity contribution in [2.75, 3.05) is 19.8 Å². The van der Waals surface area contributed by atoms with Gasteiger partial charge in [-0.15, -0.1) is 0 Å². The van der Waals surface area contributed by atoms with Crippen LogP contribution in [0.5, 0.6) is 0 Å². The van der Waals surface area contributed by atoms with Crippen LogP contribution in [-0.4, -0.2) is 42.0 Å². The number of nitrogens with two attached hydrogens (primary N) is 1. The van der Waals surface area contributed by atoms with Crippen molar-refractivity contribution in [2.45, 2.75) is 64.1 Å². The Morgan fingerprint density at radius 2 is 2.11 bits per heavy atom. The van der Waals surface area contributed by atoms with Gasteiger partial charge in [0.2, 0.25) is 0 Å². The number of hydrogen-bond acceptors (Lipinski definition) is 4. The Kier molecular flexibility index (Phi) is 5.59. The van der Waals surface area contributed by atoms with Crippen molar-refractivity contribution in [3.05, 3.63) is 0 Å². The first kappa shape index (κ1) is 15.9. The Morgan fingerprint density at radius 1 is 1.44 bits per heavy atom. The summed E-state index contributed by atoms with van der Waals surface area (Å²) in [5, 5.41) is 12.9. The van der Waals surface area contributed by atoms with Crippen LogP contribution in [0.1, 0.15) is 47.0 Å². The first-order valence-electron chi connectivity index (χ1n) is 7.13. The molecule has 0 aromatic carbocycles. The third-order valence-electron chi connectivity index (χ3n) is 4.56. The fourth-order valence-corrected chi connectivity index (χ4v) is 2.71. The van der Waals surface area contributed by atoms with Crippen molar-refractivity contribution in [3.63, 3.8) is 0 Å². The molecule has 0 bridgehead atoms. The summed E-state index contributed by atoms with van der Waals surface area (Å²) in [6, 6.07) is 0.262. The molecular weight excluding hydrogens is 228 g/mol. The van der Waals surface area contributed by atoms with Gasteiger partial charge in [-0.3, -0.25) is 0 Å². The van der Waals surface area contributed by atoms with Crippen molar-refractivity contribution in [3.8, 4) is 0 Å². The molecule has 0 amide bonds. The van der Waals surface area contributed by atoms with E-state index in [1.807, 2.05) is 0 Å². The largest absolute Gasteiger partial charge is 0.396 e. The van der Waals surface area contributed by atoms with E-state index in [-0.39, 0.29) is 29.7 Å². The predicted octanol–water partition coefficient (Wildman–Crippen LogP) is 1.27. The van der Waals surface area contributed by atoms with Gasteiger partial charge in [0.1, 0.15) is 0 Å². The lowest BCUT2D eigenvalue weighted by Crippen LogP contribution is -2.62. The Labute approximate surface area is 111 Å². The summed E-state index contributed by atoms with van der Waals surface area (Å²) in [7, 11) is 0. The van der Waals surface area contributed by atoms with E-state index in [9.17, 15) is 5.11 Å². The topological polar surface area (TPSA) is 67.5 Å². The van der Waals surface area contributed by atoms with Crippen LogP contribution in [0, 0.1) is 5.92 Å². The molecule has 0 aromatic rings. The van der Waals surface area contributed by atoms with Crippen LogP contribution in [0.15, 0.2) is 0 Å². The van der Waals surface area contributed by atoms with E-state index in [1.54, 1.807) is 0 Å². The molecule has 108 valence electrons. The molecule has 4 N–H and O–H groups in total. The minimum atomic E-state index is -0.0766. The Bertz CT molecular complexity index is 262. The SMILES string of the molecule is CCC1(C)CC(CN)(NC(C)C(C)CO)CCO1. The number of rotatable bonds is 6. The summed E-state index contributed by atoms with van der Waals surface area (Å²) in [6.45, 7) is 10.1. The summed E-state index contributed by atoms with van der Waals surface area (Å²) in [5.41, 5.74) is 5.90. The Morgan fingerprint density at radius 3 is 2.61 bits per heavy atom. The zero-order chi connectivity index (χ0) is 13.8. The standard InChI is InChI=1S/C14H30N2O2/c1-5-13(4)9-14(10-15,6-7-18-13)16-12(3)11(2)8-17/h11-12,16-17H,5-10,15H2,1-4H3. The molecule has 4 unspecified atom stereocenters. The van der Waals surface area contributed by atoms with Crippen LogP contribution in [-0.2, 0) is 4.74 Å². The second-order valence-corrected chi connectivity index (χ2v) is 6.16. The highest BCUT2D eigenvalue weighted by atomic mass is 16.5. The maximum atomic E-state index is 9.24. The molecule has 0 aliphatic carbocycles. The highest BCUT2D eigenvalue weighted by Gasteiger charge is 2.42. The molecule has 18 heavy (non-hydrogen) atoms. The van der Waals surface area contributed by atoms with E-state index in [0.717, 1.165) is 25.9 Å². The van der Waals surface area contributed by atoms with Gasteiger partial charge in [0.15, 0.2) is 0 Å². The van der Waals surface area contributed by atoms with Gasteiger partial charge in [0, 0.05) is 31.3 Å². The smallest absolute Gasteiger partial charge is 0.0670 e. The van der Waals surface area contributed by atoms with Gasteiger partial charge in [-0.1, -0.05) is 13.8 Å². The number of nitrogens with one attached hydrogen (secondary N) is 1. The van der Waals surface area contributed by atoms with Crippen molar-refractivity contribution in [1.82, 2.24) is 5.32 Å². The number of ether oxygens (including phenoxy) is 1. The first-order chi connectivity index (χ1) is 8.40. The maximum absolute atomic E-state index is 9.24. The number of aliphatic hydroxyl groups excluding tert-OH is 1. The molecule has 4 atom stereocenters. The molecule has 0 spiro atoms. The second kappa shape index (κ2) is 6.33. The molecule has 4 nitrogen and oxygen atoms in total. The van der Waals surface area contributed by atoms with Gasteiger partial charge < -0.3 is 20.9 Å². The average Bonchev–Trinajstić information content (AvgIpc) is 2.37. The second-order valence-electron chi connectivity index (χ2n) is 6.16. The lowest BCUT2D eigenvalue weighted by atomic mass is 9.78. The molecule has 1 rings (SSSR count). The van der Waals surface area contributed by atoms with Gasteiger partial charge >= 0.3 is 0 Å². The first-order valence-corrected chi connectivity index (χ1v) is 7.13. The lowest BCUT2D eigenvalue weighted by Gasteiger charge is -2.48. The highest BCUT2D eigenvalue weighted by Crippen LogP contribution is 2.34. The summed E-state index contributed by atoms with van der Waals surface area (Å²) in [4.78, 5) is 0. The van der Waals surface area contributed by atoms with E-state index >= 15 is 0 Å². The zero-order valence-electron chi connectivity index (χ0n) is 12.3. The van der Waals surface area contributed by atoms with E-state index < -0.39 is 0 Å². The molecule has 0 radical (unpaired) electrons.